The van der Waals surface area contributed by atoms with Gasteiger partial charge in [0.1, 0.15) is 17.0 Å². The van der Waals surface area contributed by atoms with Gasteiger partial charge in [-0.2, -0.15) is 0 Å². The molecule has 0 saturated heterocycles. The van der Waals surface area contributed by atoms with Gasteiger partial charge in [-0.25, -0.2) is 4.98 Å². The first-order chi connectivity index (χ1) is 14.5. The zero-order chi connectivity index (χ0) is 21.1. The number of methoxy groups -OCH3 is 1. The summed E-state index contributed by atoms with van der Waals surface area (Å²) in [6.07, 6.45) is 3.47. The first kappa shape index (κ1) is 19.6. The quantitative estimate of drug-likeness (QED) is 0.389. The minimum atomic E-state index is -0.772. The van der Waals surface area contributed by atoms with Gasteiger partial charge in [-0.05, 0) is 29.8 Å². The van der Waals surface area contributed by atoms with E-state index in [1.807, 2.05) is 12.1 Å². The molecule has 2 heterocycles. The van der Waals surface area contributed by atoms with Gasteiger partial charge >= 0.3 is 0 Å². The highest BCUT2D eigenvalue weighted by Crippen LogP contribution is 2.33. The lowest BCUT2D eigenvalue weighted by molar-refractivity contribution is 0.0977. The summed E-state index contributed by atoms with van der Waals surface area (Å²) >= 11 is 1.57. The number of thioether (sulfide) groups is 1. The predicted molar refractivity (Wildman–Crippen MR) is 114 cm³/mol. The number of primary amides is 1. The summed E-state index contributed by atoms with van der Waals surface area (Å²) in [7, 11) is 1.53. The number of fused-ring (bicyclic) bond motifs is 1. The van der Waals surface area contributed by atoms with Crippen molar-refractivity contribution in [2.45, 2.75) is 10.9 Å². The summed E-state index contributed by atoms with van der Waals surface area (Å²) in [5.41, 5.74) is 7.55. The van der Waals surface area contributed by atoms with E-state index in [2.05, 4.69) is 15.3 Å². The van der Waals surface area contributed by atoms with Crippen LogP contribution in [0, 0.1) is 0 Å². The van der Waals surface area contributed by atoms with Crippen molar-refractivity contribution in [3.63, 3.8) is 0 Å². The van der Waals surface area contributed by atoms with E-state index in [9.17, 15) is 9.59 Å². The lowest BCUT2D eigenvalue weighted by Gasteiger charge is -2.06. The molecule has 0 aliphatic carbocycles. The number of furan rings is 1. The molecular formula is C21H18N4O4S. The van der Waals surface area contributed by atoms with Crippen molar-refractivity contribution in [1.82, 2.24) is 9.97 Å². The van der Waals surface area contributed by atoms with Gasteiger partial charge in [-0.3, -0.25) is 9.59 Å². The highest BCUT2D eigenvalue weighted by atomic mass is 32.2. The van der Waals surface area contributed by atoms with E-state index in [0.717, 1.165) is 16.5 Å². The van der Waals surface area contributed by atoms with Crippen LogP contribution in [-0.2, 0) is 5.75 Å². The van der Waals surface area contributed by atoms with Crippen LogP contribution in [0.3, 0.4) is 0 Å². The zero-order valence-corrected chi connectivity index (χ0v) is 16.8. The van der Waals surface area contributed by atoms with E-state index in [-0.39, 0.29) is 17.4 Å². The topological polar surface area (TPSA) is 123 Å². The number of aromatic nitrogens is 2. The maximum atomic E-state index is 12.8. The van der Waals surface area contributed by atoms with Crippen LogP contribution in [0.25, 0.3) is 11.0 Å². The third-order valence-corrected chi connectivity index (χ3v) is 5.40. The average Bonchev–Trinajstić information content (AvgIpc) is 3.40. The largest absolute Gasteiger partial charge is 0.497 e. The zero-order valence-electron chi connectivity index (χ0n) is 16.0. The number of ether oxygens (including phenoxy) is 1. The molecule has 0 fully saturated rings. The van der Waals surface area contributed by atoms with Crippen molar-refractivity contribution in [2.75, 3.05) is 12.4 Å². The third kappa shape index (κ3) is 4.01. The Balaban J connectivity index is 1.53. The van der Waals surface area contributed by atoms with E-state index in [0.29, 0.717) is 22.3 Å². The Hall–Kier alpha value is -3.72. The monoisotopic (exact) mass is 422 g/mol. The molecule has 8 nitrogen and oxygen atoms in total. The Morgan fingerprint density at radius 2 is 2.03 bits per heavy atom. The Morgan fingerprint density at radius 3 is 2.70 bits per heavy atom. The summed E-state index contributed by atoms with van der Waals surface area (Å²) in [6.45, 7) is 0. The second kappa shape index (κ2) is 8.34. The molecule has 2 aromatic carbocycles. The SMILES string of the molecule is COc1ccc2c(NC(=O)c3ccc(CSc4ncc[nH]4)cc3)c(C(N)=O)oc2c1. The van der Waals surface area contributed by atoms with Crippen molar-refractivity contribution in [2.24, 2.45) is 5.73 Å². The number of anilines is 1. The molecule has 0 radical (unpaired) electrons. The normalized spacial score (nSPS) is 10.8. The van der Waals surface area contributed by atoms with Gasteiger partial charge in [0.15, 0.2) is 5.16 Å². The number of nitrogens with two attached hydrogens (primary N) is 1. The second-order valence-electron chi connectivity index (χ2n) is 6.37. The average molecular weight is 422 g/mol. The second-order valence-corrected chi connectivity index (χ2v) is 7.33. The molecule has 2 amide bonds. The molecule has 2 aromatic heterocycles. The molecule has 0 aliphatic rings. The fraction of sp³-hybridized carbons (Fsp3) is 0.0952. The fourth-order valence-corrected chi connectivity index (χ4v) is 3.70. The molecule has 4 N–H and O–H groups in total. The van der Waals surface area contributed by atoms with E-state index in [1.165, 1.54) is 7.11 Å². The molecule has 0 bridgehead atoms. The number of amides is 2. The van der Waals surface area contributed by atoms with E-state index >= 15 is 0 Å². The van der Waals surface area contributed by atoms with E-state index < -0.39 is 5.91 Å². The maximum absolute atomic E-state index is 12.8. The van der Waals surface area contributed by atoms with Crippen molar-refractivity contribution >= 4 is 40.2 Å². The van der Waals surface area contributed by atoms with Crippen molar-refractivity contribution in [1.29, 1.82) is 0 Å². The van der Waals surface area contributed by atoms with Gasteiger partial charge in [0.2, 0.25) is 5.76 Å². The smallest absolute Gasteiger partial charge is 0.286 e. The lowest BCUT2D eigenvalue weighted by atomic mass is 10.1. The number of nitrogens with zero attached hydrogens (tertiary/aromatic N) is 1. The summed E-state index contributed by atoms with van der Waals surface area (Å²) in [4.78, 5) is 31.8. The van der Waals surface area contributed by atoms with Crippen LogP contribution in [0.5, 0.6) is 5.75 Å². The van der Waals surface area contributed by atoms with Crippen molar-refractivity contribution in [3.05, 3.63) is 71.7 Å². The van der Waals surface area contributed by atoms with Crippen LogP contribution in [0.4, 0.5) is 5.69 Å². The van der Waals surface area contributed by atoms with Gasteiger partial charge in [-0.1, -0.05) is 23.9 Å². The number of hydrogen-bond acceptors (Lipinski definition) is 6. The summed E-state index contributed by atoms with van der Waals surface area (Å²) < 4.78 is 10.7. The number of H-pyrrole nitrogens is 1. The molecular weight excluding hydrogens is 404 g/mol. The highest BCUT2D eigenvalue weighted by Gasteiger charge is 2.21. The van der Waals surface area contributed by atoms with Gasteiger partial charge in [-0.15, -0.1) is 0 Å². The number of rotatable bonds is 7. The minimum Gasteiger partial charge on any atom is -0.497 e. The van der Waals surface area contributed by atoms with Crippen LogP contribution in [0.2, 0.25) is 0 Å². The molecule has 9 heteroatoms. The van der Waals surface area contributed by atoms with Crippen LogP contribution < -0.4 is 15.8 Å². The fourth-order valence-electron chi connectivity index (χ4n) is 2.92. The maximum Gasteiger partial charge on any atom is 0.286 e. The number of carbonyl (C=O) groups excluding carboxylic acids is 2. The number of aromatic amines is 1. The number of benzene rings is 2. The predicted octanol–water partition coefficient (Wildman–Crippen LogP) is 3.81. The number of nitrogens with one attached hydrogen (secondary N) is 2. The highest BCUT2D eigenvalue weighted by molar-refractivity contribution is 7.98. The van der Waals surface area contributed by atoms with Crippen LogP contribution in [-0.4, -0.2) is 28.9 Å². The van der Waals surface area contributed by atoms with Gasteiger partial charge < -0.3 is 25.2 Å². The number of imidazole rings is 1. The van der Waals surface area contributed by atoms with Crippen LogP contribution in [0.15, 0.2) is 64.4 Å². The van der Waals surface area contributed by atoms with Crippen molar-refractivity contribution < 1.29 is 18.7 Å². The van der Waals surface area contributed by atoms with E-state index in [1.54, 1.807) is 54.5 Å². The number of hydrogen-bond donors (Lipinski definition) is 3. The van der Waals surface area contributed by atoms with Gasteiger partial charge in [0, 0.05) is 35.2 Å². The Kier molecular flexibility index (Phi) is 5.44. The Bertz CT molecular complexity index is 1200. The molecule has 0 saturated carbocycles. The minimum absolute atomic E-state index is 0.113. The molecule has 0 aliphatic heterocycles. The summed E-state index contributed by atoms with van der Waals surface area (Å²) in [6, 6.07) is 12.2. The molecule has 4 aromatic rings. The number of carbonyl (C=O) groups is 2. The molecule has 0 unspecified atom stereocenters. The Morgan fingerprint density at radius 1 is 1.23 bits per heavy atom. The molecule has 30 heavy (non-hydrogen) atoms. The molecule has 152 valence electrons. The lowest BCUT2D eigenvalue weighted by Crippen LogP contribution is -2.17. The van der Waals surface area contributed by atoms with Crippen LogP contribution in [0.1, 0.15) is 26.5 Å². The Labute approximate surface area is 175 Å². The molecule has 0 spiro atoms. The molecule has 0 atom stereocenters. The van der Waals surface area contributed by atoms with Crippen LogP contribution >= 0.6 is 11.8 Å². The standard InChI is InChI=1S/C21H18N4O4S/c1-28-14-6-7-15-16(10-14)29-18(19(22)26)17(15)25-20(27)13-4-2-12(3-5-13)11-30-21-23-8-9-24-21/h2-10H,11H2,1H3,(H2,22,26)(H,23,24)(H,25,27). The third-order valence-electron chi connectivity index (χ3n) is 4.42. The van der Waals surface area contributed by atoms with E-state index in [4.69, 9.17) is 14.9 Å². The summed E-state index contributed by atoms with van der Waals surface area (Å²) in [5, 5.41) is 4.14. The first-order valence-electron chi connectivity index (χ1n) is 8.98. The van der Waals surface area contributed by atoms with Gasteiger partial charge in [0.25, 0.3) is 11.8 Å². The molecule has 4 rings (SSSR count). The first-order valence-corrected chi connectivity index (χ1v) is 9.96. The van der Waals surface area contributed by atoms with Gasteiger partial charge in [0.05, 0.1) is 7.11 Å². The van der Waals surface area contributed by atoms with Crippen molar-refractivity contribution in [3.8, 4) is 5.75 Å². The summed E-state index contributed by atoms with van der Waals surface area (Å²) in [5.74, 6) is 0.0216.